The predicted octanol–water partition coefficient (Wildman–Crippen LogP) is 2.40. The number of hydrogen-bond donors (Lipinski definition) is 2. The number of nitrogens with two attached hydrogens (primary N) is 1. The van der Waals surface area contributed by atoms with Crippen molar-refractivity contribution in [1.82, 2.24) is 19.7 Å². The van der Waals surface area contributed by atoms with Crippen molar-refractivity contribution >= 4 is 22.8 Å². The Morgan fingerprint density at radius 2 is 2.05 bits per heavy atom. The largest absolute Gasteiger partial charge is 0.383 e. The molecule has 2 aromatic heterocycles. The number of nitrogens with one attached hydrogen (secondary N) is 1. The van der Waals surface area contributed by atoms with Crippen LogP contribution in [0.2, 0.25) is 0 Å². The van der Waals surface area contributed by atoms with Crippen LogP contribution in [0.4, 0.5) is 20.5 Å². The molecule has 0 radical (unpaired) electrons. The van der Waals surface area contributed by atoms with E-state index in [9.17, 15) is 8.78 Å². The van der Waals surface area contributed by atoms with Crippen molar-refractivity contribution in [3.63, 3.8) is 0 Å². The molecule has 3 rings (SSSR count). The van der Waals surface area contributed by atoms with Crippen LogP contribution in [-0.4, -0.2) is 19.7 Å². The normalized spacial score (nSPS) is 12.5. The highest BCUT2D eigenvalue weighted by atomic mass is 19.1. The van der Waals surface area contributed by atoms with Crippen molar-refractivity contribution in [2.24, 2.45) is 7.05 Å². The maximum absolute atomic E-state index is 13.8. The van der Waals surface area contributed by atoms with Crippen molar-refractivity contribution < 1.29 is 8.78 Å². The molecule has 0 fully saturated rings. The van der Waals surface area contributed by atoms with Crippen LogP contribution in [0.15, 0.2) is 24.4 Å². The van der Waals surface area contributed by atoms with Crippen LogP contribution in [0.25, 0.3) is 11.0 Å². The molecular weight excluding hydrogens is 290 g/mol. The molecule has 3 N–H and O–H groups in total. The summed E-state index contributed by atoms with van der Waals surface area (Å²) in [7, 11) is 1.74. The van der Waals surface area contributed by atoms with Gasteiger partial charge in [0.05, 0.1) is 17.6 Å². The Labute approximate surface area is 125 Å². The van der Waals surface area contributed by atoms with Gasteiger partial charge in [-0.1, -0.05) is 6.07 Å². The summed E-state index contributed by atoms with van der Waals surface area (Å²) >= 11 is 0. The minimum absolute atomic E-state index is 0.254. The first-order chi connectivity index (χ1) is 10.5. The molecule has 8 heteroatoms. The number of fused-ring (bicyclic) bond motifs is 1. The first kappa shape index (κ1) is 14.2. The lowest BCUT2D eigenvalue weighted by atomic mass is 10.1. The predicted molar refractivity (Wildman–Crippen MR) is 79.1 cm³/mol. The second-order valence-electron chi connectivity index (χ2n) is 4.97. The number of anilines is 2. The highest BCUT2D eigenvalue weighted by Crippen LogP contribution is 2.23. The number of aromatic nitrogens is 4. The highest BCUT2D eigenvalue weighted by Gasteiger charge is 2.15. The first-order valence-corrected chi connectivity index (χ1v) is 6.62. The SMILES string of the molecule is CC(Nc1nc(N)c2cnn(C)c2n1)c1ccc(F)cc1F. The van der Waals surface area contributed by atoms with Crippen LogP contribution in [0.1, 0.15) is 18.5 Å². The zero-order chi connectivity index (χ0) is 15.9. The first-order valence-electron chi connectivity index (χ1n) is 6.62. The summed E-state index contributed by atoms with van der Waals surface area (Å²) in [5.74, 6) is -0.711. The summed E-state index contributed by atoms with van der Waals surface area (Å²) in [6, 6.07) is 2.97. The minimum atomic E-state index is -0.630. The molecule has 6 nitrogen and oxygen atoms in total. The summed E-state index contributed by atoms with van der Waals surface area (Å²) in [5, 5.41) is 7.67. The van der Waals surface area contributed by atoms with E-state index < -0.39 is 17.7 Å². The van der Waals surface area contributed by atoms with Gasteiger partial charge in [0.1, 0.15) is 17.5 Å². The Morgan fingerprint density at radius 1 is 1.27 bits per heavy atom. The van der Waals surface area contributed by atoms with E-state index in [1.54, 1.807) is 24.9 Å². The second kappa shape index (κ2) is 5.21. The lowest BCUT2D eigenvalue weighted by Crippen LogP contribution is -2.12. The van der Waals surface area contributed by atoms with Gasteiger partial charge in [0.15, 0.2) is 5.65 Å². The number of aryl methyl sites for hydroxylation is 1. The number of rotatable bonds is 3. The van der Waals surface area contributed by atoms with Crippen molar-refractivity contribution in [2.75, 3.05) is 11.1 Å². The number of nitrogens with zero attached hydrogens (tertiary/aromatic N) is 4. The molecule has 0 spiro atoms. The molecule has 22 heavy (non-hydrogen) atoms. The fourth-order valence-electron chi connectivity index (χ4n) is 2.23. The molecule has 0 aliphatic carbocycles. The Bertz CT molecular complexity index is 845. The van der Waals surface area contributed by atoms with Crippen LogP contribution < -0.4 is 11.1 Å². The van der Waals surface area contributed by atoms with E-state index in [4.69, 9.17) is 5.73 Å². The van der Waals surface area contributed by atoms with Crippen LogP contribution in [-0.2, 0) is 7.05 Å². The third kappa shape index (κ3) is 2.43. The molecule has 114 valence electrons. The third-order valence-electron chi connectivity index (χ3n) is 3.40. The van der Waals surface area contributed by atoms with E-state index >= 15 is 0 Å². The van der Waals surface area contributed by atoms with E-state index in [0.717, 1.165) is 6.07 Å². The Morgan fingerprint density at radius 3 is 2.77 bits per heavy atom. The van der Waals surface area contributed by atoms with Gasteiger partial charge < -0.3 is 11.1 Å². The number of benzene rings is 1. The molecule has 0 aliphatic heterocycles. The molecule has 0 saturated heterocycles. The lowest BCUT2D eigenvalue weighted by Gasteiger charge is -2.15. The van der Waals surface area contributed by atoms with Gasteiger partial charge in [-0.25, -0.2) is 8.78 Å². The molecule has 2 heterocycles. The Kier molecular flexibility index (Phi) is 3.36. The smallest absolute Gasteiger partial charge is 0.227 e. The zero-order valence-corrected chi connectivity index (χ0v) is 12.0. The Balaban J connectivity index is 1.93. The molecule has 0 saturated carbocycles. The average molecular weight is 304 g/mol. The van der Waals surface area contributed by atoms with Gasteiger partial charge in [-0.15, -0.1) is 0 Å². The van der Waals surface area contributed by atoms with Crippen LogP contribution in [0, 0.1) is 11.6 Å². The van der Waals surface area contributed by atoms with Gasteiger partial charge in [0.25, 0.3) is 0 Å². The second-order valence-corrected chi connectivity index (χ2v) is 4.97. The maximum Gasteiger partial charge on any atom is 0.227 e. The molecule has 0 bridgehead atoms. The number of nitrogen functional groups attached to an aromatic ring is 1. The molecule has 1 aromatic carbocycles. The van der Waals surface area contributed by atoms with Gasteiger partial charge in [0, 0.05) is 18.7 Å². The minimum Gasteiger partial charge on any atom is -0.383 e. The van der Waals surface area contributed by atoms with Crippen molar-refractivity contribution in [3.8, 4) is 0 Å². The fourth-order valence-corrected chi connectivity index (χ4v) is 2.23. The summed E-state index contributed by atoms with van der Waals surface area (Å²) in [6.45, 7) is 1.73. The number of halogens is 2. The van der Waals surface area contributed by atoms with E-state index in [0.29, 0.717) is 16.6 Å². The molecular formula is C14H14F2N6. The van der Waals surface area contributed by atoms with Gasteiger partial charge in [-0.05, 0) is 13.0 Å². The van der Waals surface area contributed by atoms with Gasteiger partial charge in [0.2, 0.25) is 5.95 Å². The van der Waals surface area contributed by atoms with Crippen molar-refractivity contribution in [1.29, 1.82) is 0 Å². The topological polar surface area (TPSA) is 81.6 Å². The number of hydrogen-bond acceptors (Lipinski definition) is 5. The van der Waals surface area contributed by atoms with E-state index in [2.05, 4.69) is 20.4 Å². The fraction of sp³-hybridized carbons (Fsp3) is 0.214. The van der Waals surface area contributed by atoms with Gasteiger partial charge in [-0.2, -0.15) is 15.1 Å². The highest BCUT2D eigenvalue weighted by molar-refractivity contribution is 5.86. The van der Waals surface area contributed by atoms with Crippen molar-refractivity contribution in [3.05, 3.63) is 41.6 Å². The van der Waals surface area contributed by atoms with Crippen molar-refractivity contribution in [2.45, 2.75) is 13.0 Å². The molecule has 0 aliphatic rings. The van der Waals surface area contributed by atoms with Crippen LogP contribution in [0.3, 0.4) is 0 Å². The van der Waals surface area contributed by atoms with Crippen LogP contribution >= 0.6 is 0 Å². The lowest BCUT2D eigenvalue weighted by molar-refractivity contribution is 0.566. The summed E-state index contributed by atoms with van der Waals surface area (Å²) in [4.78, 5) is 8.44. The zero-order valence-electron chi connectivity index (χ0n) is 12.0. The summed E-state index contributed by atoms with van der Waals surface area (Å²) in [6.07, 6.45) is 1.58. The maximum atomic E-state index is 13.8. The molecule has 1 unspecified atom stereocenters. The van der Waals surface area contributed by atoms with Crippen LogP contribution in [0.5, 0.6) is 0 Å². The molecule has 1 atom stereocenters. The van der Waals surface area contributed by atoms with E-state index in [1.807, 2.05) is 0 Å². The summed E-state index contributed by atoms with van der Waals surface area (Å²) in [5.41, 5.74) is 6.75. The van der Waals surface area contributed by atoms with E-state index in [-0.39, 0.29) is 11.8 Å². The Hall–Kier alpha value is -2.77. The standard InChI is InChI=1S/C14H14F2N6/c1-7(9-4-3-8(15)5-11(9)16)19-14-20-12(17)10-6-18-22(2)13(10)21-14/h3-7H,1-2H3,(H3,17,19,20,21). The molecule has 3 aromatic rings. The van der Waals surface area contributed by atoms with Gasteiger partial charge >= 0.3 is 0 Å². The monoisotopic (exact) mass is 304 g/mol. The molecule has 0 amide bonds. The average Bonchev–Trinajstić information content (AvgIpc) is 2.81. The quantitative estimate of drug-likeness (QED) is 0.776. The van der Waals surface area contributed by atoms with Gasteiger partial charge in [-0.3, -0.25) is 4.68 Å². The third-order valence-corrected chi connectivity index (χ3v) is 3.40. The summed E-state index contributed by atoms with van der Waals surface area (Å²) < 4.78 is 28.3. The van der Waals surface area contributed by atoms with E-state index in [1.165, 1.54) is 12.1 Å².